The molecule has 1 atom stereocenters. The Morgan fingerprint density at radius 2 is 1.67 bits per heavy atom. The predicted molar refractivity (Wildman–Crippen MR) is 98.8 cm³/mol. The largest absolute Gasteiger partial charge is 0.480 e. The Morgan fingerprint density at radius 1 is 1.00 bits per heavy atom. The van der Waals surface area contributed by atoms with Gasteiger partial charge in [0.1, 0.15) is 6.04 Å². The van der Waals surface area contributed by atoms with Crippen molar-refractivity contribution in [1.82, 2.24) is 5.32 Å². The molecule has 0 saturated heterocycles. The maximum Gasteiger partial charge on any atom is 0.320 e. The van der Waals surface area contributed by atoms with Gasteiger partial charge in [0.05, 0.1) is 0 Å². The zero-order chi connectivity index (χ0) is 18.0. The average Bonchev–Trinajstić information content (AvgIpc) is 2.55. The number of amides is 1. The van der Waals surface area contributed by atoms with Crippen LogP contribution in [0.1, 0.15) is 84.0 Å². The van der Waals surface area contributed by atoms with Gasteiger partial charge >= 0.3 is 5.97 Å². The van der Waals surface area contributed by atoms with E-state index < -0.39 is 12.0 Å². The van der Waals surface area contributed by atoms with Crippen LogP contribution in [0.3, 0.4) is 0 Å². The van der Waals surface area contributed by atoms with Crippen LogP contribution in [0.2, 0.25) is 0 Å². The van der Waals surface area contributed by atoms with Gasteiger partial charge in [0.15, 0.2) is 0 Å². The number of rotatable bonds is 16. The number of aliphatic carboxylic acids is 1. The van der Waals surface area contributed by atoms with E-state index >= 15 is 0 Å². The summed E-state index contributed by atoms with van der Waals surface area (Å²) in [4.78, 5) is 22.2. The first kappa shape index (κ1) is 22.6. The van der Waals surface area contributed by atoms with Gasteiger partial charge in [-0.3, -0.25) is 9.59 Å². The number of hydrogen-bond acceptors (Lipinski definition) is 3. The van der Waals surface area contributed by atoms with Crippen LogP contribution < -0.4 is 11.1 Å². The van der Waals surface area contributed by atoms with Gasteiger partial charge in [-0.05, 0) is 38.5 Å². The number of carboxylic acid groups (broad SMARTS) is 1. The van der Waals surface area contributed by atoms with Crippen molar-refractivity contribution >= 4 is 11.9 Å². The molecule has 0 heterocycles. The first-order valence-corrected chi connectivity index (χ1v) is 9.48. The second-order valence-electron chi connectivity index (χ2n) is 6.36. The SMILES string of the molecule is CCCCCCCC/C=C/CCC(=O)NCCCC[C@H](N)C(=O)O. The van der Waals surface area contributed by atoms with Crippen molar-refractivity contribution in [3.63, 3.8) is 0 Å². The van der Waals surface area contributed by atoms with E-state index in [9.17, 15) is 9.59 Å². The van der Waals surface area contributed by atoms with Crippen LogP contribution in [0, 0.1) is 0 Å². The Balaban J connectivity index is 3.37. The summed E-state index contributed by atoms with van der Waals surface area (Å²) in [7, 11) is 0. The van der Waals surface area contributed by atoms with Gasteiger partial charge < -0.3 is 16.2 Å². The van der Waals surface area contributed by atoms with Crippen molar-refractivity contribution in [2.75, 3.05) is 6.54 Å². The molecule has 0 spiro atoms. The lowest BCUT2D eigenvalue weighted by Gasteiger charge is -2.06. The summed E-state index contributed by atoms with van der Waals surface area (Å²) in [6, 6.07) is -0.794. The number of unbranched alkanes of at least 4 members (excludes halogenated alkanes) is 7. The molecule has 0 aliphatic carbocycles. The van der Waals surface area contributed by atoms with Crippen LogP contribution in [0.5, 0.6) is 0 Å². The van der Waals surface area contributed by atoms with E-state index in [2.05, 4.69) is 24.4 Å². The van der Waals surface area contributed by atoms with Gasteiger partial charge in [0.2, 0.25) is 5.91 Å². The molecule has 0 radical (unpaired) electrons. The maximum atomic E-state index is 11.6. The fourth-order valence-corrected chi connectivity index (χ4v) is 2.42. The topological polar surface area (TPSA) is 92.4 Å². The molecule has 4 N–H and O–H groups in total. The number of nitrogens with one attached hydrogen (secondary N) is 1. The van der Waals surface area contributed by atoms with E-state index in [1.54, 1.807) is 0 Å². The summed E-state index contributed by atoms with van der Waals surface area (Å²) in [5, 5.41) is 11.5. The van der Waals surface area contributed by atoms with E-state index in [1.165, 1.54) is 38.5 Å². The number of nitrogens with two attached hydrogens (primary N) is 1. The monoisotopic (exact) mass is 340 g/mol. The van der Waals surface area contributed by atoms with Crippen molar-refractivity contribution < 1.29 is 14.7 Å². The summed E-state index contributed by atoms with van der Waals surface area (Å²) in [5.41, 5.74) is 5.41. The highest BCUT2D eigenvalue weighted by atomic mass is 16.4. The molecule has 140 valence electrons. The predicted octanol–water partition coefficient (Wildman–Crippen LogP) is 3.77. The number of hydrogen-bond donors (Lipinski definition) is 3. The number of carbonyl (C=O) groups excluding carboxylic acids is 1. The summed E-state index contributed by atoms with van der Waals surface area (Å²) < 4.78 is 0. The van der Waals surface area contributed by atoms with Gasteiger partial charge in [0, 0.05) is 13.0 Å². The van der Waals surface area contributed by atoms with Gasteiger partial charge in [-0.25, -0.2) is 0 Å². The van der Waals surface area contributed by atoms with Crippen molar-refractivity contribution in [3.8, 4) is 0 Å². The molecule has 0 aromatic carbocycles. The lowest BCUT2D eigenvalue weighted by atomic mass is 10.1. The average molecular weight is 341 g/mol. The van der Waals surface area contributed by atoms with Crippen LogP contribution in [-0.2, 0) is 9.59 Å². The van der Waals surface area contributed by atoms with Gasteiger partial charge in [-0.1, -0.05) is 51.2 Å². The molecule has 0 aromatic heterocycles. The van der Waals surface area contributed by atoms with E-state index in [1.807, 2.05) is 0 Å². The first-order valence-electron chi connectivity index (χ1n) is 9.48. The van der Waals surface area contributed by atoms with Crippen LogP contribution in [0.4, 0.5) is 0 Å². The first-order chi connectivity index (χ1) is 11.6. The molecule has 0 unspecified atom stereocenters. The second kappa shape index (κ2) is 16.5. The molecule has 0 fully saturated rings. The molecule has 24 heavy (non-hydrogen) atoms. The highest BCUT2D eigenvalue weighted by Gasteiger charge is 2.09. The normalized spacial score (nSPS) is 12.4. The van der Waals surface area contributed by atoms with E-state index in [0.717, 1.165) is 19.3 Å². The summed E-state index contributed by atoms with van der Waals surface area (Å²) in [6.45, 7) is 2.82. The maximum absolute atomic E-state index is 11.6. The van der Waals surface area contributed by atoms with Crippen molar-refractivity contribution in [2.24, 2.45) is 5.73 Å². The summed E-state index contributed by atoms with van der Waals surface area (Å²) in [6.07, 6.45) is 16.5. The summed E-state index contributed by atoms with van der Waals surface area (Å²) in [5.74, 6) is -0.909. The van der Waals surface area contributed by atoms with Crippen LogP contribution >= 0.6 is 0 Å². The van der Waals surface area contributed by atoms with Crippen molar-refractivity contribution in [1.29, 1.82) is 0 Å². The molecule has 5 nitrogen and oxygen atoms in total. The molecular weight excluding hydrogens is 304 g/mol. The zero-order valence-electron chi connectivity index (χ0n) is 15.3. The Morgan fingerprint density at radius 3 is 2.38 bits per heavy atom. The highest BCUT2D eigenvalue weighted by molar-refractivity contribution is 5.75. The van der Waals surface area contributed by atoms with Crippen LogP contribution in [0.15, 0.2) is 12.2 Å². The van der Waals surface area contributed by atoms with Gasteiger partial charge in [-0.15, -0.1) is 0 Å². The molecule has 5 heteroatoms. The minimum Gasteiger partial charge on any atom is -0.480 e. The minimum atomic E-state index is -0.966. The van der Waals surface area contributed by atoms with Crippen molar-refractivity contribution in [3.05, 3.63) is 12.2 Å². The third-order valence-corrected chi connectivity index (χ3v) is 4.01. The molecular formula is C19H36N2O3. The Bertz CT molecular complexity index is 357. The number of carboxylic acids is 1. The molecule has 0 aliphatic heterocycles. The van der Waals surface area contributed by atoms with E-state index in [-0.39, 0.29) is 5.91 Å². The molecule has 0 aromatic rings. The second-order valence-corrected chi connectivity index (χ2v) is 6.36. The standard InChI is InChI=1S/C19H36N2O3/c1-2-3-4-5-6-7-8-9-10-11-15-18(22)21-16-13-12-14-17(20)19(23)24/h9-10,17H,2-8,11-16,20H2,1H3,(H,21,22)(H,23,24)/b10-9+/t17-/m0/s1. The Hall–Kier alpha value is -1.36. The fraction of sp³-hybridized carbons (Fsp3) is 0.789. The lowest BCUT2D eigenvalue weighted by Crippen LogP contribution is -2.30. The van der Waals surface area contributed by atoms with E-state index in [4.69, 9.17) is 10.8 Å². The number of carbonyl (C=O) groups is 2. The zero-order valence-corrected chi connectivity index (χ0v) is 15.3. The van der Waals surface area contributed by atoms with Gasteiger partial charge in [-0.2, -0.15) is 0 Å². The quantitative estimate of drug-likeness (QED) is 0.294. The van der Waals surface area contributed by atoms with Gasteiger partial charge in [0.25, 0.3) is 0 Å². The Labute approximate surface area is 147 Å². The molecule has 1 amide bonds. The van der Waals surface area contributed by atoms with Crippen LogP contribution in [0.25, 0.3) is 0 Å². The van der Waals surface area contributed by atoms with Crippen molar-refractivity contribution in [2.45, 2.75) is 90.0 Å². The molecule has 0 aliphatic rings. The third kappa shape index (κ3) is 15.5. The minimum absolute atomic E-state index is 0.0572. The lowest BCUT2D eigenvalue weighted by molar-refractivity contribution is -0.138. The molecule has 0 rings (SSSR count). The smallest absolute Gasteiger partial charge is 0.320 e. The summed E-state index contributed by atoms with van der Waals surface area (Å²) >= 11 is 0. The molecule has 0 bridgehead atoms. The highest BCUT2D eigenvalue weighted by Crippen LogP contribution is 2.07. The van der Waals surface area contributed by atoms with E-state index in [0.29, 0.717) is 25.8 Å². The Kier molecular flexibility index (Phi) is 15.6. The molecule has 0 saturated carbocycles. The number of allylic oxidation sites excluding steroid dienone is 2. The van der Waals surface area contributed by atoms with Crippen LogP contribution in [-0.4, -0.2) is 29.6 Å². The fourth-order valence-electron chi connectivity index (χ4n) is 2.42. The third-order valence-electron chi connectivity index (χ3n) is 4.01.